The highest BCUT2D eigenvalue weighted by atomic mass is 16.1. The molecule has 1 aromatic heterocycles. The molecule has 1 aliphatic heterocycles. The van der Waals surface area contributed by atoms with Crippen LogP contribution in [-0.4, -0.2) is 30.5 Å². The van der Waals surface area contributed by atoms with Crippen LogP contribution >= 0.6 is 0 Å². The number of hydrogen-bond acceptors (Lipinski definition) is 4. The Balaban J connectivity index is 1.87. The number of pyridine rings is 1. The van der Waals surface area contributed by atoms with Gasteiger partial charge in [0.15, 0.2) is 0 Å². The summed E-state index contributed by atoms with van der Waals surface area (Å²) < 4.78 is 0. The van der Waals surface area contributed by atoms with E-state index in [1.807, 2.05) is 31.2 Å². The van der Waals surface area contributed by atoms with Gasteiger partial charge in [0, 0.05) is 37.1 Å². The maximum atomic E-state index is 12.0. The number of benzene rings is 1. The van der Waals surface area contributed by atoms with Gasteiger partial charge in [-0.3, -0.25) is 9.78 Å². The van der Waals surface area contributed by atoms with Crippen LogP contribution in [0.2, 0.25) is 0 Å². The molecule has 0 radical (unpaired) electrons. The minimum absolute atomic E-state index is 0.0739. The fraction of sp³-hybridized carbons (Fsp3) is 0.389. The predicted molar refractivity (Wildman–Crippen MR) is 90.1 cm³/mol. The van der Waals surface area contributed by atoms with Crippen LogP contribution in [0.15, 0.2) is 30.5 Å². The summed E-state index contributed by atoms with van der Waals surface area (Å²) >= 11 is 0. The van der Waals surface area contributed by atoms with Crippen LogP contribution in [0.25, 0.3) is 10.9 Å². The van der Waals surface area contributed by atoms with Gasteiger partial charge in [-0.1, -0.05) is 18.2 Å². The van der Waals surface area contributed by atoms with E-state index in [2.05, 4.69) is 21.3 Å². The fourth-order valence-corrected chi connectivity index (χ4v) is 3.23. The van der Waals surface area contributed by atoms with Gasteiger partial charge in [-0.05, 0) is 25.8 Å². The van der Waals surface area contributed by atoms with E-state index in [4.69, 9.17) is 0 Å². The third-order valence-corrected chi connectivity index (χ3v) is 4.40. The number of para-hydroxylation sites is 1. The highest BCUT2D eigenvalue weighted by Crippen LogP contribution is 2.32. The number of fused-ring (bicyclic) bond motifs is 1. The molecule has 0 aliphatic carbocycles. The SMILES string of the molecule is CCNC(=O)C1CCN(c2c(C#N)cnc3ccccc23)CC1. The van der Waals surface area contributed by atoms with E-state index in [-0.39, 0.29) is 11.8 Å². The number of piperidine rings is 1. The van der Waals surface area contributed by atoms with Crippen LogP contribution in [0.1, 0.15) is 25.3 Å². The third kappa shape index (κ3) is 2.98. The van der Waals surface area contributed by atoms with Crippen LogP contribution in [0.4, 0.5) is 5.69 Å². The molecule has 0 unspecified atom stereocenters. The van der Waals surface area contributed by atoms with E-state index in [9.17, 15) is 10.1 Å². The standard InChI is InChI=1S/C18H20N4O/c1-2-20-18(23)13-7-9-22(10-8-13)17-14(11-19)12-21-16-6-4-3-5-15(16)17/h3-6,12-13H,2,7-10H2,1H3,(H,20,23). The molecule has 1 fully saturated rings. The number of nitrogens with one attached hydrogen (secondary N) is 1. The van der Waals surface area contributed by atoms with E-state index in [1.54, 1.807) is 6.20 Å². The Morgan fingerprint density at radius 1 is 1.39 bits per heavy atom. The van der Waals surface area contributed by atoms with Crippen molar-refractivity contribution in [1.29, 1.82) is 5.26 Å². The molecule has 2 aromatic rings. The Bertz CT molecular complexity index is 757. The van der Waals surface area contributed by atoms with E-state index in [0.717, 1.165) is 42.5 Å². The summed E-state index contributed by atoms with van der Waals surface area (Å²) in [6, 6.07) is 10.1. The van der Waals surface area contributed by atoms with Gasteiger partial charge in [0.25, 0.3) is 0 Å². The Kier molecular flexibility index (Phi) is 4.42. The van der Waals surface area contributed by atoms with Crippen molar-refractivity contribution in [1.82, 2.24) is 10.3 Å². The molecule has 23 heavy (non-hydrogen) atoms. The minimum atomic E-state index is 0.0739. The van der Waals surface area contributed by atoms with E-state index in [0.29, 0.717) is 12.1 Å². The Labute approximate surface area is 135 Å². The lowest BCUT2D eigenvalue weighted by Gasteiger charge is -2.34. The van der Waals surface area contributed by atoms with Crippen molar-refractivity contribution in [2.45, 2.75) is 19.8 Å². The van der Waals surface area contributed by atoms with Gasteiger partial charge in [0.1, 0.15) is 6.07 Å². The number of anilines is 1. The van der Waals surface area contributed by atoms with Gasteiger partial charge in [-0.15, -0.1) is 0 Å². The zero-order valence-electron chi connectivity index (χ0n) is 13.2. The summed E-state index contributed by atoms with van der Waals surface area (Å²) in [6.45, 7) is 4.18. The molecule has 1 N–H and O–H groups in total. The molecule has 2 heterocycles. The molecular weight excluding hydrogens is 288 g/mol. The average Bonchev–Trinajstić information content (AvgIpc) is 2.61. The van der Waals surface area contributed by atoms with Crippen LogP contribution in [0.3, 0.4) is 0 Å². The molecule has 5 heteroatoms. The summed E-state index contributed by atoms with van der Waals surface area (Å²) in [5.41, 5.74) is 2.44. The second-order valence-electron chi connectivity index (χ2n) is 5.81. The number of carbonyl (C=O) groups is 1. The number of carbonyl (C=O) groups excluding carboxylic acids is 1. The first-order chi connectivity index (χ1) is 11.2. The fourth-order valence-electron chi connectivity index (χ4n) is 3.23. The summed E-state index contributed by atoms with van der Waals surface area (Å²) in [5.74, 6) is 0.220. The number of aromatic nitrogens is 1. The monoisotopic (exact) mass is 308 g/mol. The molecule has 1 saturated heterocycles. The van der Waals surface area contributed by atoms with Gasteiger partial charge in [-0.25, -0.2) is 0 Å². The van der Waals surface area contributed by atoms with E-state index in [1.165, 1.54) is 0 Å². The second kappa shape index (κ2) is 6.66. The smallest absolute Gasteiger partial charge is 0.223 e. The third-order valence-electron chi connectivity index (χ3n) is 4.40. The van der Waals surface area contributed by atoms with E-state index >= 15 is 0 Å². The molecule has 0 spiro atoms. The van der Waals surface area contributed by atoms with Gasteiger partial charge in [0.05, 0.1) is 16.8 Å². The molecular formula is C18H20N4O. The summed E-state index contributed by atoms with van der Waals surface area (Å²) in [5, 5.41) is 13.3. The first-order valence-electron chi connectivity index (χ1n) is 8.05. The summed E-state index contributed by atoms with van der Waals surface area (Å²) in [7, 11) is 0. The quantitative estimate of drug-likeness (QED) is 0.945. The predicted octanol–water partition coefficient (Wildman–Crippen LogP) is 2.46. The van der Waals surface area contributed by atoms with Crippen molar-refractivity contribution in [2.75, 3.05) is 24.5 Å². The second-order valence-corrected chi connectivity index (χ2v) is 5.81. The lowest BCUT2D eigenvalue weighted by molar-refractivity contribution is -0.125. The van der Waals surface area contributed by atoms with Crippen molar-refractivity contribution < 1.29 is 4.79 Å². The zero-order valence-corrected chi connectivity index (χ0v) is 13.2. The van der Waals surface area contributed by atoms with Crippen molar-refractivity contribution in [3.8, 4) is 6.07 Å². The Hall–Kier alpha value is -2.61. The van der Waals surface area contributed by atoms with Gasteiger partial charge < -0.3 is 10.2 Å². The maximum Gasteiger partial charge on any atom is 0.223 e. The maximum absolute atomic E-state index is 12.0. The van der Waals surface area contributed by atoms with Crippen molar-refractivity contribution >= 4 is 22.5 Å². The van der Waals surface area contributed by atoms with Crippen molar-refractivity contribution in [2.24, 2.45) is 5.92 Å². The topological polar surface area (TPSA) is 69.0 Å². The van der Waals surface area contributed by atoms with Crippen molar-refractivity contribution in [3.05, 3.63) is 36.0 Å². The van der Waals surface area contributed by atoms with Crippen LogP contribution < -0.4 is 10.2 Å². The first-order valence-corrected chi connectivity index (χ1v) is 8.05. The summed E-state index contributed by atoms with van der Waals surface area (Å²) in [6.07, 6.45) is 3.27. The average molecular weight is 308 g/mol. The van der Waals surface area contributed by atoms with Gasteiger partial charge in [0.2, 0.25) is 5.91 Å². The molecule has 1 aromatic carbocycles. The van der Waals surface area contributed by atoms with Crippen LogP contribution in [0, 0.1) is 17.2 Å². The highest BCUT2D eigenvalue weighted by Gasteiger charge is 2.26. The van der Waals surface area contributed by atoms with Crippen LogP contribution in [-0.2, 0) is 4.79 Å². The number of nitriles is 1. The van der Waals surface area contributed by atoms with Gasteiger partial charge in [-0.2, -0.15) is 5.26 Å². The Morgan fingerprint density at radius 2 is 2.13 bits per heavy atom. The number of amides is 1. The molecule has 0 atom stereocenters. The lowest BCUT2D eigenvalue weighted by atomic mass is 9.94. The number of rotatable bonds is 3. The number of nitrogens with zero attached hydrogens (tertiary/aromatic N) is 3. The number of hydrogen-bond donors (Lipinski definition) is 1. The molecule has 0 saturated carbocycles. The highest BCUT2D eigenvalue weighted by molar-refractivity contribution is 5.94. The minimum Gasteiger partial charge on any atom is -0.370 e. The van der Waals surface area contributed by atoms with Crippen LogP contribution in [0.5, 0.6) is 0 Å². The summed E-state index contributed by atoms with van der Waals surface area (Å²) in [4.78, 5) is 18.6. The molecule has 118 valence electrons. The normalized spacial score (nSPS) is 15.4. The first kappa shape index (κ1) is 15.3. The molecule has 1 aliphatic rings. The van der Waals surface area contributed by atoms with Crippen molar-refractivity contribution in [3.63, 3.8) is 0 Å². The lowest BCUT2D eigenvalue weighted by Crippen LogP contribution is -2.40. The zero-order chi connectivity index (χ0) is 16.2. The molecule has 3 rings (SSSR count). The molecule has 1 amide bonds. The van der Waals surface area contributed by atoms with Gasteiger partial charge >= 0.3 is 0 Å². The van der Waals surface area contributed by atoms with E-state index < -0.39 is 0 Å². The largest absolute Gasteiger partial charge is 0.370 e. The Morgan fingerprint density at radius 3 is 2.83 bits per heavy atom. The molecule has 0 bridgehead atoms. The molecule has 5 nitrogen and oxygen atoms in total.